The van der Waals surface area contributed by atoms with Gasteiger partial charge in [-0.25, -0.2) is 9.97 Å². The summed E-state index contributed by atoms with van der Waals surface area (Å²) in [6.45, 7) is 4.56. The van der Waals surface area contributed by atoms with Crippen LogP contribution in [0.4, 0.5) is 0 Å². The van der Waals surface area contributed by atoms with Crippen LogP contribution in [-0.2, 0) is 0 Å². The van der Waals surface area contributed by atoms with Gasteiger partial charge in [-0.15, -0.1) is 0 Å². The van der Waals surface area contributed by atoms with E-state index in [2.05, 4.69) is 140 Å². The van der Waals surface area contributed by atoms with E-state index >= 15 is 0 Å². The zero-order valence-electron chi connectivity index (χ0n) is 26.9. The predicted octanol–water partition coefficient (Wildman–Crippen LogP) is 9.87. The van der Waals surface area contributed by atoms with Crippen LogP contribution in [0, 0.1) is 11.8 Å². The van der Waals surface area contributed by atoms with E-state index in [0.29, 0.717) is 17.8 Å². The lowest BCUT2D eigenvalue weighted by Gasteiger charge is -2.14. The Balaban J connectivity index is 1.38. The number of hydrogen-bond donors (Lipinski definition) is 0. The zero-order chi connectivity index (χ0) is 31.9. The molecule has 4 nitrogen and oxygen atoms in total. The molecule has 48 heavy (non-hydrogen) atoms. The summed E-state index contributed by atoms with van der Waals surface area (Å²) in [5, 5.41) is 8.05. The normalized spacial score (nSPS) is 17.6. The second-order valence-corrected chi connectivity index (χ2v) is 13.5. The number of benzene rings is 5. The average molecular weight is 620 g/mol. The molecule has 2 atom stereocenters. The van der Waals surface area contributed by atoms with Gasteiger partial charge >= 0.3 is 0 Å². The van der Waals surface area contributed by atoms with Gasteiger partial charge in [0, 0.05) is 42.9 Å². The van der Waals surface area contributed by atoms with Crippen LogP contribution >= 0.6 is 0 Å². The van der Waals surface area contributed by atoms with E-state index < -0.39 is 0 Å². The number of furan rings is 1. The van der Waals surface area contributed by atoms with Crippen LogP contribution in [-0.4, -0.2) is 14.5 Å². The number of allylic oxidation sites excluding steroid dienone is 4. The van der Waals surface area contributed by atoms with E-state index in [4.69, 9.17) is 14.4 Å². The second kappa shape index (κ2) is 10.4. The summed E-state index contributed by atoms with van der Waals surface area (Å²) < 4.78 is 9.13. The van der Waals surface area contributed by atoms with Gasteiger partial charge in [0.1, 0.15) is 11.2 Å². The molecular weight excluding hydrogens is 587 g/mol. The first kappa shape index (κ1) is 27.4. The molecule has 0 fully saturated rings. The maximum atomic E-state index is 6.82. The monoisotopic (exact) mass is 619 g/mol. The van der Waals surface area contributed by atoms with Crippen molar-refractivity contribution in [3.05, 3.63) is 131 Å². The highest BCUT2D eigenvalue weighted by Gasteiger charge is 2.25. The first-order valence-electron chi connectivity index (χ1n) is 17.0. The van der Waals surface area contributed by atoms with Crippen LogP contribution in [0.25, 0.3) is 89.6 Å². The zero-order valence-corrected chi connectivity index (χ0v) is 26.9. The molecule has 2 unspecified atom stereocenters. The molecule has 0 bridgehead atoms. The number of para-hydroxylation sites is 2. The van der Waals surface area contributed by atoms with Crippen molar-refractivity contribution in [2.45, 2.75) is 26.7 Å². The molecule has 0 aliphatic heterocycles. The molecule has 8 aromatic rings. The van der Waals surface area contributed by atoms with Crippen LogP contribution < -0.4 is 10.4 Å². The van der Waals surface area contributed by atoms with Crippen LogP contribution in [0.2, 0.25) is 0 Å². The molecule has 0 N–H and O–H groups in total. The number of aromatic nitrogens is 3. The summed E-state index contributed by atoms with van der Waals surface area (Å²) in [7, 11) is 0. The minimum atomic E-state index is 0.394. The van der Waals surface area contributed by atoms with Gasteiger partial charge in [-0.3, -0.25) is 4.57 Å². The van der Waals surface area contributed by atoms with Crippen LogP contribution in [0.5, 0.6) is 0 Å². The molecule has 3 aromatic heterocycles. The van der Waals surface area contributed by atoms with Gasteiger partial charge in [0.2, 0.25) is 5.95 Å². The van der Waals surface area contributed by atoms with Crippen molar-refractivity contribution >= 4 is 72.4 Å². The molecule has 0 spiro atoms. The molecule has 4 heteroatoms. The number of nitrogens with zero attached hydrogens (tertiary/aromatic N) is 3. The van der Waals surface area contributed by atoms with Gasteiger partial charge in [-0.1, -0.05) is 117 Å². The van der Waals surface area contributed by atoms with E-state index in [1.165, 1.54) is 27.1 Å². The highest BCUT2D eigenvalue weighted by atomic mass is 16.3. The maximum Gasteiger partial charge on any atom is 0.235 e. The predicted molar refractivity (Wildman–Crippen MR) is 199 cm³/mol. The highest BCUT2D eigenvalue weighted by molar-refractivity contribution is 6.28. The molecule has 230 valence electrons. The lowest BCUT2D eigenvalue weighted by Crippen LogP contribution is -2.31. The summed E-state index contributed by atoms with van der Waals surface area (Å²) in [6, 6.07) is 34.2. The Hall–Kier alpha value is -5.74. The molecule has 2 aliphatic carbocycles. The summed E-state index contributed by atoms with van der Waals surface area (Å²) >= 11 is 0. The Labute approximate surface area is 277 Å². The van der Waals surface area contributed by atoms with Gasteiger partial charge in [-0.2, -0.15) is 0 Å². The molecule has 5 aromatic carbocycles. The molecule has 0 radical (unpaired) electrons. The van der Waals surface area contributed by atoms with Crippen LogP contribution in [0.3, 0.4) is 0 Å². The quantitative estimate of drug-likeness (QED) is 0.198. The minimum absolute atomic E-state index is 0.394. The van der Waals surface area contributed by atoms with Crippen molar-refractivity contribution in [3.63, 3.8) is 0 Å². The number of rotatable bonds is 3. The standard InChI is InChI=1S/C44H33N3O/c1-26-16-19-28(20-17-26)30-21-23-38-35(25-30)40-39-33-13-7-9-15-37(33)47(42(39)34-24-27(2)18-22-31(34)43(40)48-38)44-45-36-14-8-6-12-32(36)41(46-44)29-10-4-3-5-11-29/h3-16,19-27H,17-18H2,1-2H3. The van der Waals surface area contributed by atoms with E-state index in [0.717, 1.165) is 73.2 Å². The first-order chi connectivity index (χ1) is 23.6. The second-order valence-electron chi connectivity index (χ2n) is 13.5. The van der Waals surface area contributed by atoms with E-state index in [9.17, 15) is 0 Å². The van der Waals surface area contributed by atoms with Crippen LogP contribution in [0.1, 0.15) is 32.3 Å². The molecular formula is C44H33N3O. The molecule has 0 amide bonds. The Bertz CT molecular complexity index is 2820. The third kappa shape index (κ3) is 4.02. The highest BCUT2D eigenvalue weighted by Crippen LogP contribution is 2.40. The molecule has 0 saturated carbocycles. The van der Waals surface area contributed by atoms with Crippen molar-refractivity contribution in [1.29, 1.82) is 0 Å². The lowest BCUT2D eigenvalue weighted by molar-refractivity contribution is 0.664. The van der Waals surface area contributed by atoms with Crippen molar-refractivity contribution in [1.82, 2.24) is 14.5 Å². The van der Waals surface area contributed by atoms with Gasteiger partial charge < -0.3 is 4.42 Å². The third-order valence-electron chi connectivity index (χ3n) is 10.2. The topological polar surface area (TPSA) is 43.9 Å². The first-order valence-corrected chi connectivity index (χ1v) is 17.0. The van der Waals surface area contributed by atoms with E-state index in [-0.39, 0.29) is 0 Å². The van der Waals surface area contributed by atoms with E-state index in [1.807, 2.05) is 6.07 Å². The lowest BCUT2D eigenvalue weighted by atomic mass is 9.92. The summed E-state index contributed by atoms with van der Waals surface area (Å²) in [5.41, 5.74) is 9.51. The Morgan fingerprint density at radius 1 is 0.688 bits per heavy atom. The Morgan fingerprint density at radius 3 is 2.33 bits per heavy atom. The molecule has 0 saturated heterocycles. The van der Waals surface area contributed by atoms with E-state index in [1.54, 1.807) is 0 Å². The number of fused-ring (bicyclic) bond motifs is 11. The Kier molecular flexibility index (Phi) is 5.92. The molecule has 3 heterocycles. The fourth-order valence-electron chi connectivity index (χ4n) is 7.87. The fourth-order valence-corrected chi connectivity index (χ4v) is 7.87. The van der Waals surface area contributed by atoms with Crippen molar-refractivity contribution in [3.8, 4) is 17.2 Å². The van der Waals surface area contributed by atoms with Crippen molar-refractivity contribution < 1.29 is 4.42 Å². The number of hydrogen-bond acceptors (Lipinski definition) is 3. The summed E-state index contributed by atoms with van der Waals surface area (Å²) in [5.74, 6) is 1.64. The Morgan fingerprint density at radius 2 is 1.48 bits per heavy atom. The largest absolute Gasteiger partial charge is 0.455 e. The molecule has 10 rings (SSSR count). The average Bonchev–Trinajstić information content (AvgIpc) is 3.68. The van der Waals surface area contributed by atoms with Gasteiger partial charge in [0.15, 0.2) is 0 Å². The van der Waals surface area contributed by atoms with Gasteiger partial charge in [0.05, 0.1) is 22.2 Å². The SMILES string of the molecule is CC1C=CC(c2ccc3oc4c5c(c6c(c7ccccc7n6-c6nc(-c7ccccc7)c7ccccc7n6)c4c3c2)=CC(C)CC=5)=CC1. The summed E-state index contributed by atoms with van der Waals surface area (Å²) in [6.07, 6.45) is 13.8. The minimum Gasteiger partial charge on any atom is -0.455 e. The van der Waals surface area contributed by atoms with Gasteiger partial charge in [0.25, 0.3) is 0 Å². The fraction of sp³-hybridized carbons (Fsp3) is 0.136. The maximum absolute atomic E-state index is 6.82. The smallest absolute Gasteiger partial charge is 0.235 e. The van der Waals surface area contributed by atoms with Crippen molar-refractivity contribution in [2.75, 3.05) is 0 Å². The summed E-state index contributed by atoms with van der Waals surface area (Å²) in [4.78, 5) is 10.7. The molecule has 2 aliphatic rings. The van der Waals surface area contributed by atoms with Crippen molar-refractivity contribution in [2.24, 2.45) is 11.8 Å². The van der Waals surface area contributed by atoms with Crippen LogP contribution in [0.15, 0.2) is 120 Å². The van der Waals surface area contributed by atoms with Gasteiger partial charge in [-0.05, 0) is 60.1 Å². The third-order valence-corrected chi connectivity index (χ3v) is 10.2.